The normalized spacial score (nSPS) is 11.3. The summed E-state index contributed by atoms with van der Waals surface area (Å²) >= 11 is 3.24. The van der Waals surface area contributed by atoms with Crippen molar-refractivity contribution in [3.05, 3.63) is 46.9 Å². The van der Waals surface area contributed by atoms with Crippen LogP contribution < -0.4 is 10.0 Å². The molecule has 2 aromatic carbocycles. The quantitative estimate of drug-likeness (QED) is 0.827. The van der Waals surface area contributed by atoms with Crippen molar-refractivity contribution in [1.82, 2.24) is 0 Å². The highest BCUT2D eigenvalue weighted by Crippen LogP contribution is 2.28. The van der Waals surface area contributed by atoms with E-state index >= 15 is 0 Å². The lowest BCUT2D eigenvalue weighted by molar-refractivity contribution is 0.475. The van der Waals surface area contributed by atoms with Crippen molar-refractivity contribution in [2.24, 2.45) is 0 Å². The zero-order valence-corrected chi connectivity index (χ0v) is 13.0. The Hall–Kier alpha value is -1.73. The fourth-order valence-electron chi connectivity index (χ4n) is 1.70. The number of benzene rings is 2. The highest BCUT2D eigenvalue weighted by atomic mass is 79.9. The van der Waals surface area contributed by atoms with Crippen LogP contribution in [0, 0.1) is 0 Å². The molecular weight excluding hydrogens is 344 g/mol. The third-order valence-corrected chi connectivity index (χ3v) is 5.18. The average molecular weight is 357 g/mol. The fourth-order valence-corrected chi connectivity index (χ4v) is 3.37. The van der Waals surface area contributed by atoms with Crippen LogP contribution >= 0.6 is 15.9 Å². The summed E-state index contributed by atoms with van der Waals surface area (Å²) in [7, 11) is -2.31. The zero-order valence-electron chi connectivity index (χ0n) is 10.6. The predicted octanol–water partition coefficient (Wildman–Crippen LogP) is 2.56. The van der Waals surface area contributed by atoms with Gasteiger partial charge in [0.05, 0.1) is 11.4 Å². The molecule has 0 radical (unpaired) electrons. The molecule has 0 bridgehead atoms. The van der Waals surface area contributed by atoms with Crippen molar-refractivity contribution < 1.29 is 13.5 Å². The minimum absolute atomic E-state index is 0.0382. The second-order valence-electron chi connectivity index (χ2n) is 4.17. The Morgan fingerprint density at radius 3 is 2.30 bits per heavy atom. The van der Waals surface area contributed by atoms with Gasteiger partial charge in [-0.05, 0) is 42.5 Å². The smallest absolute Gasteiger partial charge is 0.266 e. The van der Waals surface area contributed by atoms with E-state index in [1.807, 2.05) is 0 Å². The maximum atomic E-state index is 12.5. The first-order valence-corrected chi connectivity index (χ1v) is 7.88. The summed E-state index contributed by atoms with van der Waals surface area (Å²) in [5.41, 5.74) is 6.38. The van der Waals surface area contributed by atoms with Gasteiger partial charge in [0, 0.05) is 11.5 Å². The molecule has 106 valence electrons. The van der Waals surface area contributed by atoms with Gasteiger partial charge in [0.25, 0.3) is 10.0 Å². The largest absolute Gasteiger partial charge is 0.508 e. The second-order valence-corrected chi connectivity index (χ2v) is 7.02. The number of phenolic OH excluding ortho intramolecular Hbond substituents is 1. The predicted molar refractivity (Wildman–Crippen MR) is 82.3 cm³/mol. The molecule has 0 fully saturated rings. The SMILES string of the molecule is CN(c1ccc(O)cc1)S(=O)(=O)c1ccc(Br)cc1N. The first-order chi connectivity index (χ1) is 9.32. The van der Waals surface area contributed by atoms with Gasteiger partial charge < -0.3 is 10.8 Å². The van der Waals surface area contributed by atoms with Gasteiger partial charge in [-0.2, -0.15) is 0 Å². The molecule has 0 spiro atoms. The molecule has 2 rings (SSSR count). The molecule has 0 aliphatic rings. The summed E-state index contributed by atoms with van der Waals surface area (Å²) < 4.78 is 26.9. The first-order valence-electron chi connectivity index (χ1n) is 5.65. The van der Waals surface area contributed by atoms with Crippen LogP contribution in [0.4, 0.5) is 11.4 Å². The van der Waals surface area contributed by atoms with Crippen molar-refractivity contribution in [2.75, 3.05) is 17.1 Å². The number of rotatable bonds is 3. The van der Waals surface area contributed by atoms with Gasteiger partial charge in [0.1, 0.15) is 10.6 Å². The second kappa shape index (κ2) is 5.34. The van der Waals surface area contributed by atoms with E-state index in [-0.39, 0.29) is 16.3 Å². The summed E-state index contributed by atoms with van der Waals surface area (Å²) in [6, 6.07) is 10.5. The molecule has 0 aromatic heterocycles. The van der Waals surface area contributed by atoms with Gasteiger partial charge in [0.2, 0.25) is 0 Å². The maximum absolute atomic E-state index is 12.5. The van der Waals surface area contributed by atoms with Crippen LogP contribution in [0.3, 0.4) is 0 Å². The van der Waals surface area contributed by atoms with Gasteiger partial charge in [-0.3, -0.25) is 4.31 Å². The van der Waals surface area contributed by atoms with E-state index in [0.717, 1.165) is 4.31 Å². The lowest BCUT2D eigenvalue weighted by atomic mass is 10.3. The van der Waals surface area contributed by atoms with Gasteiger partial charge in [-0.1, -0.05) is 15.9 Å². The summed E-state index contributed by atoms with van der Waals surface area (Å²) in [5.74, 6) is 0.0719. The molecule has 0 aliphatic heterocycles. The van der Waals surface area contributed by atoms with Crippen molar-refractivity contribution in [3.8, 4) is 5.75 Å². The zero-order chi connectivity index (χ0) is 14.9. The van der Waals surface area contributed by atoms with E-state index in [2.05, 4.69) is 15.9 Å². The Morgan fingerprint density at radius 1 is 1.15 bits per heavy atom. The number of hydrogen-bond acceptors (Lipinski definition) is 4. The van der Waals surface area contributed by atoms with Gasteiger partial charge in [-0.25, -0.2) is 8.42 Å². The molecule has 0 heterocycles. The van der Waals surface area contributed by atoms with Gasteiger partial charge in [0.15, 0.2) is 0 Å². The minimum atomic E-state index is -3.75. The molecule has 0 unspecified atom stereocenters. The summed E-state index contributed by atoms with van der Waals surface area (Å²) in [6.07, 6.45) is 0. The number of hydrogen-bond donors (Lipinski definition) is 2. The van der Waals surface area contributed by atoms with E-state index in [4.69, 9.17) is 5.73 Å². The van der Waals surface area contributed by atoms with Gasteiger partial charge in [-0.15, -0.1) is 0 Å². The number of anilines is 2. The Balaban J connectivity index is 2.46. The molecule has 5 nitrogen and oxygen atoms in total. The van der Waals surface area contributed by atoms with Gasteiger partial charge >= 0.3 is 0 Å². The van der Waals surface area contributed by atoms with E-state index in [0.29, 0.717) is 10.2 Å². The number of halogens is 1. The average Bonchev–Trinajstić information content (AvgIpc) is 2.38. The summed E-state index contributed by atoms with van der Waals surface area (Å²) in [6.45, 7) is 0. The van der Waals surface area contributed by atoms with Crippen LogP contribution in [-0.4, -0.2) is 20.6 Å². The van der Waals surface area contributed by atoms with E-state index < -0.39 is 10.0 Å². The van der Waals surface area contributed by atoms with E-state index in [9.17, 15) is 13.5 Å². The summed E-state index contributed by atoms with van der Waals surface area (Å²) in [4.78, 5) is 0.0382. The van der Waals surface area contributed by atoms with Crippen LogP contribution in [0.25, 0.3) is 0 Å². The first kappa shape index (κ1) is 14.7. The van der Waals surface area contributed by atoms with Crippen molar-refractivity contribution in [1.29, 1.82) is 0 Å². The lowest BCUT2D eigenvalue weighted by Crippen LogP contribution is -2.27. The van der Waals surface area contributed by atoms with Crippen molar-refractivity contribution in [2.45, 2.75) is 4.90 Å². The molecule has 0 amide bonds. The fraction of sp³-hybridized carbons (Fsp3) is 0.0769. The van der Waals surface area contributed by atoms with Crippen LogP contribution in [0.2, 0.25) is 0 Å². The molecule has 0 saturated heterocycles. The van der Waals surface area contributed by atoms with Crippen LogP contribution in [0.5, 0.6) is 5.75 Å². The Labute approximate surface area is 125 Å². The molecule has 0 atom stereocenters. The van der Waals surface area contributed by atoms with Crippen molar-refractivity contribution >= 4 is 37.3 Å². The highest BCUT2D eigenvalue weighted by Gasteiger charge is 2.23. The molecule has 2 aromatic rings. The van der Waals surface area contributed by atoms with E-state index in [1.165, 1.54) is 43.4 Å². The molecule has 7 heteroatoms. The van der Waals surface area contributed by atoms with Crippen LogP contribution in [0.1, 0.15) is 0 Å². The Morgan fingerprint density at radius 2 is 1.75 bits per heavy atom. The molecule has 3 N–H and O–H groups in total. The maximum Gasteiger partial charge on any atom is 0.266 e. The highest BCUT2D eigenvalue weighted by molar-refractivity contribution is 9.10. The van der Waals surface area contributed by atoms with Crippen molar-refractivity contribution in [3.63, 3.8) is 0 Å². The third-order valence-electron chi connectivity index (χ3n) is 2.82. The van der Waals surface area contributed by atoms with E-state index in [1.54, 1.807) is 6.07 Å². The minimum Gasteiger partial charge on any atom is -0.508 e. The molecular formula is C13H13BrN2O3S. The summed E-state index contributed by atoms with van der Waals surface area (Å²) in [5, 5.41) is 9.24. The number of nitrogens with two attached hydrogens (primary N) is 1. The third kappa shape index (κ3) is 2.73. The standard InChI is InChI=1S/C13H13BrN2O3S/c1-16(10-3-5-11(17)6-4-10)20(18,19)13-7-2-9(14)8-12(13)15/h2-8,17H,15H2,1H3. The number of nitrogens with zero attached hydrogens (tertiary/aromatic N) is 1. The number of aromatic hydroxyl groups is 1. The number of phenols is 1. The molecule has 0 aliphatic carbocycles. The topological polar surface area (TPSA) is 83.6 Å². The van der Waals surface area contributed by atoms with Crippen LogP contribution in [0.15, 0.2) is 51.8 Å². The molecule has 20 heavy (non-hydrogen) atoms. The number of sulfonamides is 1. The van der Waals surface area contributed by atoms with Crippen LogP contribution in [-0.2, 0) is 10.0 Å². The Bertz CT molecular complexity index is 730. The Kier molecular flexibility index (Phi) is 3.92. The molecule has 0 saturated carbocycles. The monoisotopic (exact) mass is 356 g/mol. The lowest BCUT2D eigenvalue weighted by Gasteiger charge is -2.20. The number of nitrogen functional groups attached to an aromatic ring is 1.